The van der Waals surface area contributed by atoms with Crippen LogP contribution in [-0.4, -0.2) is 16.4 Å². The molecule has 0 spiro atoms. The maximum Gasteiger partial charge on any atom is 0.305 e. The number of carboxylic acids is 1. The Balaban J connectivity index is 2.51. The standard InChI is InChI=1S/C9H10BrNO2S/c10-6-1-3-7(4-2-6)14-8(11)5-9(12)13/h1-4,8H,5,11H2,(H,12,13). The second kappa shape index (κ2) is 5.38. The van der Waals surface area contributed by atoms with Crippen LogP contribution in [0.3, 0.4) is 0 Å². The smallest absolute Gasteiger partial charge is 0.305 e. The predicted molar refractivity (Wildman–Crippen MR) is 60.2 cm³/mol. The van der Waals surface area contributed by atoms with Crippen molar-refractivity contribution in [1.82, 2.24) is 0 Å². The number of carbonyl (C=O) groups is 1. The number of hydrogen-bond donors (Lipinski definition) is 2. The first-order chi connectivity index (χ1) is 6.58. The molecule has 3 N–H and O–H groups in total. The summed E-state index contributed by atoms with van der Waals surface area (Å²) < 4.78 is 0.994. The molecule has 1 rings (SSSR count). The number of nitrogens with two attached hydrogens (primary N) is 1. The highest BCUT2D eigenvalue weighted by molar-refractivity contribution is 9.10. The summed E-state index contributed by atoms with van der Waals surface area (Å²) in [5.74, 6) is -0.873. The molecule has 1 atom stereocenters. The molecule has 3 nitrogen and oxygen atoms in total. The van der Waals surface area contributed by atoms with Gasteiger partial charge in [0.05, 0.1) is 11.8 Å². The summed E-state index contributed by atoms with van der Waals surface area (Å²) >= 11 is 4.67. The van der Waals surface area contributed by atoms with Crippen molar-refractivity contribution < 1.29 is 9.90 Å². The van der Waals surface area contributed by atoms with Crippen LogP contribution in [-0.2, 0) is 4.79 Å². The lowest BCUT2D eigenvalue weighted by Crippen LogP contribution is -2.19. The van der Waals surface area contributed by atoms with Gasteiger partial charge in [-0.25, -0.2) is 0 Å². The molecule has 0 fully saturated rings. The van der Waals surface area contributed by atoms with Gasteiger partial charge in [-0.2, -0.15) is 0 Å². The molecule has 0 amide bonds. The fraction of sp³-hybridized carbons (Fsp3) is 0.222. The summed E-state index contributed by atoms with van der Waals surface area (Å²) in [6, 6.07) is 7.60. The van der Waals surface area contributed by atoms with Gasteiger partial charge >= 0.3 is 5.97 Å². The van der Waals surface area contributed by atoms with E-state index in [0.29, 0.717) is 0 Å². The van der Waals surface area contributed by atoms with Gasteiger partial charge in [0.15, 0.2) is 0 Å². The van der Waals surface area contributed by atoms with E-state index in [9.17, 15) is 4.79 Å². The second-order valence-corrected chi connectivity index (χ2v) is 4.94. The lowest BCUT2D eigenvalue weighted by Gasteiger charge is -2.07. The Labute approximate surface area is 94.8 Å². The van der Waals surface area contributed by atoms with E-state index >= 15 is 0 Å². The van der Waals surface area contributed by atoms with E-state index in [1.54, 1.807) is 0 Å². The molecule has 5 heteroatoms. The molecule has 0 saturated carbocycles. The van der Waals surface area contributed by atoms with Gasteiger partial charge in [-0.05, 0) is 24.3 Å². The van der Waals surface area contributed by atoms with Gasteiger partial charge in [-0.1, -0.05) is 15.9 Å². The first-order valence-corrected chi connectivity index (χ1v) is 5.65. The Morgan fingerprint density at radius 2 is 2.07 bits per heavy atom. The average Bonchev–Trinajstić information content (AvgIpc) is 2.07. The van der Waals surface area contributed by atoms with Crippen molar-refractivity contribution in [2.75, 3.05) is 0 Å². The summed E-state index contributed by atoms with van der Waals surface area (Å²) in [5, 5.41) is 8.11. The van der Waals surface area contributed by atoms with Crippen molar-refractivity contribution in [1.29, 1.82) is 0 Å². The molecule has 0 heterocycles. The normalized spacial score (nSPS) is 12.4. The molecule has 1 aromatic rings. The molecule has 76 valence electrons. The van der Waals surface area contributed by atoms with Gasteiger partial charge in [0.25, 0.3) is 0 Å². The number of hydrogen-bond acceptors (Lipinski definition) is 3. The van der Waals surface area contributed by atoms with Gasteiger partial charge in [0, 0.05) is 9.37 Å². The monoisotopic (exact) mass is 275 g/mol. The molecule has 0 aromatic heterocycles. The maximum absolute atomic E-state index is 10.4. The molecular weight excluding hydrogens is 266 g/mol. The van der Waals surface area contributed by atoms with Crippen molar-refractivity contribution in [2.45, 2.75) is 16.7 Å². The Bertz CT molecular complexity index is 315. The number of carboxylic acid groups (broad SMARTS) is 1. The van der Waals surface area contributed by atoms with Gasteiger partial charge < -0.3 is 10.8 Å². The van der Waals surface area contributed by atoms with Gasteiger partial charge in [-0.15, -0.1) is 11.8 Å². The maximum atomic E-state index is 10.4. The summed E-state index contributed by atoms with van der Waals surface area (Å²) in [5.41, 5.74) is 5.62. The molecule has 0 aliphatic carbocycles. The first-order valence-electron chi connectivity index (χ1n) is 3.97. The fourth-order valence-corrected chi connectivity index (χ4v) is 2.03. The lowest BCUT2D eigenvalue weighted by atomic mass is 10.4. The highest BCUT2D eigenvalue weighted by Crippen LogP contribution is 2.23. The van der Waals surface area contributed by atoms with E-state index in [2.05, 4.69) is 15.9 Å². The highest BCUT2D eigenvalue weighted by Gasteiger charge is 2.08. The Kier molecular flexibility index (Phi) is 4.44. The van der Waals surface area contributed by atoms with Crippen LogP contribution in [0.4, 0.5) is 0 Å². The molecule has 1 unspecified atom stereocenters. The quantitative estimate of drug-likeness (QED) is 0.654. The second-order valence-electron chi connectivity index (χ2n) is 2.71. The SMILES string of the molecule is NC(CC(=O)O)Sc1ccc(Br)cc1. The molecule has 0 saturated heterocycles. The largest absolute Gasteiger partial charge is 0.481 e. The Hall–Kier alpha value is -0.520. The van der Waals surface area contributed by atoms with Crippen molar-refractivity contribution in [3.05, 3.63) is 28.7 Å². The predicted octanol–water partition coefficient (Wildman–Crippen LogP) is 2.30. The fourth-order valence-electron chi connectivity index (χ4n) is 0.902. The van der Waals surface area contributed by atoms with Crippen molar-refractivity contribution >= 4 is 33.7 Å². The van der Waals surface area contributed by atoms with Gasteiger partial charge in [0.1, 0.15) is 0 Å². The summed E-state index contributed by atoms with van der Waals surface area (Å²) in [7, 11) is 0. The Morgan fingerprint density at radius 3 is 2.57 bits per heavy atom. The van der Waals surface area contributed by atoms with E-state index < -0.39 is 11.3 Å². The van der Waals surface area contributed by atoms with E-state index in [1.807, 2.05) is 24.3 Å². The van der Waals surface area contributed by atoms with Crippen molar-refractivity contribution in [2.24, 2.45) is 5.73 Å². The van der Waals surface area contributed by atoms with E-state index in [1.165, 1.54) is 11.8 Å². The summed E-state index contributed by atoms with van der Waals surface area (Å²) in [6.07, 6.45) is -0.0271. The van der Waals surface area contributed by atoms with E-state index in [0.717, 1.165) is 9.37 Å². The topological polar surface area (TPSA) is 63.3 Å². The molecule has 0 radical (unpaired) electrons. The molecule has 0 aliphatic heterocycles. The summed E-state index contributed by atoms with van der Waals surface area (Å²) in [6.45, 7) is 0. The first kappa shape index (κ1) is 11.6. The minimum atomic E-state index is -0.873. The number of aliphatic carboxylic acids is 1. The molecule has 0 bridgehead atoms. The zero-order valence-corrected chi connectivity index (χ0v) is 9.72. The Morgan fingerprint density at radius 1 is 1.50 bits per heavy atom. The number of benzene rings is 1. The third-order valence-electron chi connectivity index (χ3n) is 1.48. The van der Waals surface area contributed by atoms with Crippen molar-refractivity contribution in [3.63, 3.8) is 0 Å². The summed E-state index contributed by atoms with van der Waals surface area (Å²) in [4.78, 5) is 11.3. The van der Waals surface area contributed by atoms with Crippen LogP contribution in [0.2, 0.25) is 0 Å². The molecule has 14 heavy (non-hydrogen) atoms. The van der Waals surface area contributed by atoms with Crippen LogP contribution in [0.5, 0.6) is 0 Å². The average molecular weight is 276 g/mol. The number of thioether (sulfide) groups is 1. The minimum Gasteiger partial charge on any atom is -0.481 e. The van der Waals surface area contributed by atoms with Crippen LogP contribution < -0.4 is 5.73 Å². The molecular formula is C9H10BrNO2S. The van der Waals surface area contributed by atoms with E-state index in [4.69, 9.17) is 10.8 Å². The van der Waals surface area contributed by atoms with Gasteiger partial charge in [-0.3, -0.25) is 4.79 Å². The highest BCUT2D eigenvalue weighted by atomic mass is 79.9. The van der Waals surface area contributed by atoms with E-state index in [-0.39, 0.29) is 6.42 Å². The molecule has 0 aliphatic rings. The molecule has 1 aromatic carbocycles. The minimum absolute atomic E-state index is 0.0271. The zero-order valence-electron chi connectivity index (χ0n) is 7.31. The number of rotatable bonds is 4. The third-order valence-corrected chi connectivity index (χ3v) is 3.02. The van der Waals surface area contributed by atoms with Crippen LogP contribution in [0.25, 0.3) is 0 Å². The number of halogens is 1. The zero-order chi connectivity index (χ0) is 10.6. The van der Waals surface area contributed by atoms with Crippen LogP contribution in [0.1, 0.15) is 6.42 Å². The van der Waals surface area contributed by atoms with Crippen molar-refractivity contribution in [3.8, 4) is 0 Å². The van der Waals surface area contributed by atoms with Crippen LogP contribution in [0.15, 0.2) is 33.6 Å². The lowest BCUT2D eigenvalue weighted by molar-refractivity contribution is -0.136. The third kappa shape index (κ3) is 4.13. The van der Waals surface area contributed by atoms with Gasteiger partial charge in [0.2, 0.25) is 0 Å². The van der Waals surface area contributed by atoms with Crippen LogP contribution >= 0.6 is 27.7 Å². The van der Waals surface area contributed by atoms with Crippen LogP contribution in [0, 0.1) is 0 Å².